The molecule has 0 saturated heterocycles. The SMILES string of the molecule is C=C.CCn1sc(Cl)cc1=O. The van der Waals surface area contributed by atoms with Crippen molar-refractivity contribution < 1.29 is 0 Å². The molecule has 0 aliphatic heterocycles. The van der Waals surface area contributed by atoms with E-state index in [4.69, 9.17) is 11.6 Å². The molecule has 0 aromatic carbocycles. The molecule has 0 bridgehead atoms. The maximum atomic E-state index is 10.8. The van der Waals surface area contributed by atoms with Crippen molar-refractivity contribution in [2.24, 2.45) is 0 Å². The molecule has 2 nitrogen and oxygen atoms in total. The van der Waals surface area contributed by atoms with Gasteiger partial charge in [0.1, 0.15) is 4.34 Å². The zero-order valence-electron chi connectivity index (χ0n) is 6.34. The maximum Gasteiger partial charge on any atom is 0.262 e. The third-order valence-corrected chi connectivity index (χ3v) is 2.23. The summed E-state index contributed by atoms with van der Waals surface area (Å²) in [6.07, 6.45) is 0. The lowest BCUT2D eigenvalue weighted by atomic mass is 10.7. The molecular formula is C7H10ClNOS. The van der Waals surface area contributed by atoms with E-state index in [-0.39, 0.29) is 5.56 Å². The van der Waals surface area contributed by atoms with Crippen LogP contribution in [0.1, 0.15) is 6.92 Å². The minimum atomic E-state index is -0.00694. The smallest absolute Gasteiger partial charge is 0.262 e. The second-order valence-corrected chi connectivity index (χ2v) is 3.27. The second kappa shape index (κ2) is 5.16. The maximum absolute atomic E-state index is 10.8. The topological polar surface area (TPSA) is 22.0 Å². The summed E-state index contributed by atoms with van der Waals surface area (Å²) >= 11 is 6.83. The number of aryl methyl sites for hydroxylation is 1. The summed E-state index contributed by atoms with van der Waals surface area (Å²) in [7, 11) is 0. The normalized spacial score (nSPS) is 8.55. The first kappa shape index (κ1) is 10.5. The van der Waals surface area contributed by atoms with Crippen LogP contribution in [0.25, 0.3) is 0 Å². The van der Waals surface area contributed by atoms with Crippen molar-refractivity contribution in [3.05, 3.63) is 33.9 Å². The van der Waals surface area contributed by atoms with Crippen LogP contribution >= 0.6 is 23.1 Å². The molecule has 1 aromatic rings. The highest BCUT2D eigenvalue weighted by molar-refractivity contribution is 7.11. The van der Waals surface area contributed by atoms with Gasteiger partial charge in [-0.1, -0.05) is 11.6 Å². The number of hydrogen-bond donors (Lipinski definition) is 0. The fourth-order valence-electron chi connectivity index (χ4n) is 0.566. The van der Waals surface area contributed by atoms with E-state index in [9.17, 15) is 4.79 Å². The standard InChI is InChI=1S/C5H6ClNOS.C2H4/c1-2-7-5(8)3-4(6)9-7;1-2/h3H,2H2,1H3;1-2H2. The predicted molar refractivity (Wildman–Crippen MR) is 50.5 cm³/mol. The van der Waals surface area contributed by atoms with Gasteiger partial charge in [-0.3, -0.25) is 8.75 Å². The zero-order valence-corrected chi connectivity index (χ0v) is 7.91. The van der Waals surface area contributed by atoms with Crippen LogP contribution in [0, 0.1) is 0 Å². The molecule has 0 unspecified atom stereocenters. The van der Waals surface area contributed by atoms with Gasteiger partial charge in [-0.2, -0.15) is 0 Å². The van der Waals surface area contributed by atoms with Gasteiger partial charge in [-0.05, 0) is 18.5 Å². The third-order valence-electron chi connectivity index (χ3n) is 0.967. The summed E-state index contributed by atoms with van der Waals surface area (Å²) in [5.74, 6) is 0. The van der Waals surface area contributed by atoms with Crippen LogP contribution in [0.3, 0.4) is 0 Å². The predicted octanol–water partition coefficient (Wildman–Crippen LogP) is 2.39. The fraction of sp³-hybridized carbons (Fsp3) is 0.286. The Hall–Kier alpha value is -0.540. The molecule has 0 atom stereocenters. The summed E-state index contributed by atoms with van der Waals surface area (Å²) in [6, 6.07) is 1.43. The van der Waals surface area contributed by atoms with E-state index >= 15 is 0 Å². The van der Waals surface area contributed by atoms with Gasteiger partial charge in [0.25, 0.3) is 5.56 Å². The molecule has 0 spiro atoms. The van der Waals surface area contributed by atoms with Crippen molar-refractivity contribution in [2.45, 2.75) is 13.5 Å². The quantitative estimate of drug-likeness (QED) is 0.625. The van der Waals surface area contributed by atoms with Crippen molar-refractivity contribution in [2.75, 3.05) is 0 Å². The van der Waals surface area contributed by atoms with Crippen LogP contribution in [-0.4, -0.2) is 3.96 Å². The Balaban J connectivity index is 0.000000461. The highest BCUT2D eigenvalue weighted by atomic mass is 35.5. The van der Waals surface area contributed by atoms with E-state index < -0.39 is 0 Å². The first-order valence-electron chi connectivity index (χ1n) is 3.10. The highest BCUT2D eigenvalue weighted by Gasteiger charge is 1.96. The number of aromatic nitrogens is 1. The van der Waals surface area contributed by atoms with E-state index in [1.54, 1.807) is 3.96 Å². The zero-order chi connectivity index (χ0) is 8.85. The molecule has 0 amide bonds. The van der Waals surface area contributed by atoms with Crippen molar-refractivity contribution >= 4 is 23.1 Å². The Kier molecular flexibility index (Phi) is 4.90. The molecule has 62 valence electrons. The number of rotatable bonds is 1. The minimum Gasteiger partial charge on any atom is -0.268 e. The molecule has 4 heteroatoms. The molecule has 0 radical (unpaired) electrons. The van der Waals surface area contributed by atoms with Gasteiger partial charge in [0, 0.05) is 12.6 Å². The Labute approximate surface area is 74.9 Å². The average molecular weight is 192 g/mol. The fourth-order valence-corrected chi connectivity index (χ4v) is 1.55. The molecule has 1 heterocycles. The lowest BCUT2D eigenvalue weighted by Crippen LogP contribution is -2.09. The van der Waals surface area contributed by atoms with Crippen LogP contribution in [0.15, 0.2) is 24.0 Å². The van der Waals surface area contributed by atoms with E-state index in [0.717, 1.165) is 0 Å². The monoisotopic (exact) mass is 191 g/mol. The van der Waals surface area contributed by atoms with Crippen molar-refractivity contribution in [1.82, 2.24) is 3.96 Å². The first-order valence-corrected chi connectivity index (χ1v) is 4.26. The molecule has 11 heavy (non-hydrogen) atoms. The largest absolute Gasteiger partial charge is 0.268 e. The summed E-state index contributed by atoms with van der Waals surface area (Å²) in [5.41, 5.74) is -0.00694. The lowest BCUT2D eigenvalue weighted by molar-refractivity contribution is 0.810. The molecule has 1 aromatic heterocycles. The average Bonchev–Trinajstić information content (AvgIpc) is 2.33. The Bertz CT molecular complexity index is 266. The van der Waals surface area contributed by atoms with E-state index in [1.807, 2.05) is 6.92 Å². The number of hydrogen-bond acceptors (Lipinski definition) is 2. The molecule has 0 N–H and O–H groups in total. The summed E-state index contributed by atoms with van der Waals surface area (Å²) < 4.78 is 2.16. The van der Waals surface area contributed by atoms with Gasteiger partial charge in [0.15, 0.2) is 0 Å². The molecule has 0 aliphatic rings. The van der Waals surface area contributed by atoms with Crippen LogP contribution in [0.2, 0.25) is 4.34 Å². The van der Waals surface area contributed by atoms with E-state index in [1.165, 1.54) is 17.6 Å². The van der Waals surface area contributed by atoms with Crippen LogP contribution < -0.4 is 5.56 Å². The molecule has 0 fully saturated rings. The number of nitrogens with zero attached hydrogens (tertiary/aromatic N) is 1. The highest BCUT2D eigenvalue weighted by Crippen LogP contribution is 2.11. The minimum absolute atomic E-state index is 0.00694. The Morgan fingerprint density at radius 3 is 2.45 bits per heavy atom. The van der Waals surface area contributed by atoms with Crippen LogP contribution in [0.4, 0.5) is 0 Å². The van der Waals surface area contributed by atoms with Gasteiger partial charge in [0.2, 0.25) is 0 Å². The van der Waals surface area contributed by atoms with Crippen molar-refractivity contribution in [3.63, 3.8) is 0 Å². The summed E-state index contributed by atoms with van der Waals surface area (Å²) in [6.45, 7) is 8.62. The summed E-state index contributed by atoms with van der Waals surface area (Å²) in [5, 5.41) is 0. The molecule has 0 saturated carbocycles. The number of halogens is 1. The second-order valence-electron chi connectivity index (χ2n) is 1.57. The van der Waals surface area contributed by atoms with Crippen molar-refractivity contribution in [3.8, 4) is 0 Å². The van der Waals surface area contributed by atoms with Gasteiger partial charge < -0.3 is 0 Å². The van der Waals surface area contributed by atoms with E-state index in [2.05, 4.69) is 13.2 Å². The van der Waals surface area contributed by atoms with Gasteiger partial charge in [-0.15, -0.1) is 13.2 Å². The van der Waals surface area contributed by atoms with Crippen molar-refractivity contribution in [1.29, 1.82) is 0 Å². The van der Waals surface area contributed by atoms with Gasteiger partial charge in [-0.25, -0.2) is 0 Å². The third kappa shape index (κ3) is 2.91. The van der Waals surface area contributed by atoms with Gasteiger partial charge in [0.05, 0.1) is 0 Å². The van der Waals surface area contributed by atoms with Crippen LogP contribution in [0.5, 0.6) is 0 Å². The molecule has 1 rings (SSSR count). The summed E-state index contributed by atoms with van der Waals surface area (Å²) in [4.78, 5) is 10.8. The molecular weight excluding hydrogens is 182 g/mol. The van der Waals surface area contributed by atoms with Gasteiger partial charge >= 0.3 is 0 Å². The lowest BCUT2D eigenvalue weighted by Gasteiger charge is -1.87. The first-order chi connectivity index (χ1) is 5.24. The van der Waals surface area contributed by atoms with Crippen LogP contribution in [-0.2, 0) is 6.54 Å². The molecule has 0 aliphatic carbocycles. The Morgan fingerprint density at radius 2 is 2.27 bits per heavy atom. The van der Waals surface area contributed by atoms with E-state index in [0.29, 0.717) is 10.9 Å². The Morgan fingerprint density at radius 1 is 1.73 bits per heavy atom.